The summed E-state index contributed by atoms with van der Waals surface area (Å²) in [5.41, 5.74) is -0.564. The first-order valence-electron chi connectivity index (χ1n) is 6.17. The highest BCUT2D eigenvalue weighted by atomic mass is 19.1. The summed E-state index contributed by atoms with van der Waals surface area (Å²) in [7, 11) is 0. The number of benzene rings is 2. The van der Waals surface area contributed by atoms with Crippen molar-refractivity contribution in [2.24, 2.45) is 0 Å². The third-order valence-electron chi connectivity index (χ3n) is 2.64. The second kappa shape index (κ2) is 6.66. The molecule has 0 aromatic heterocycles. The lowest BCUT2D eigenvalue weighted by atomic mass is 10.2. The van der Waals surface area contributed by atoms with E-state index >= 15 is 0 Å². The number of carbonyl (C=O) groups excluding carboxylic acids is 2. The molecule has 2 aromatic carbocycles. The van der Waals surface area contributed by atoms with Crippen molar-refractivity contribution >= 4 is 17.6 Å². The fourth-order valence-electron chi connectivity index (χ4n) is 1.64. The number of anilines is 1. The maximum Gasteiger partial charge on any atom is 0.338 e. The second-order valence-electron chi connectivity index (χ2n) is 4.27. The van der Waals surface area contributed by atoms with Gasteiger partial charge >= 0.3 is 5.97 Å². The minimum Gasteiger partial charge on any atom is -0.508 e. The number of carbonyl (C=O) groups is 2. The minimum atomic E-state index is -0.937. The van der Waals surface area contributed by atoms with E-state index in [4.69, 9.17) is 0 Å². The molecule has 2 N–H and O–H groups in total. The lowest BCUT2D eigenvalue weighted by Crippen LogP contribution is -2.22. The van der Waals surface area contributed by atoms with E-state index in [1.807, 2.05) is 5.32 Å². The molecule has 0 radical (unpaired) electrons. The minimum absolute atomic E-state index is 0.0462. The molecule has 0 saturated heterocycles. The maximum atomic E-state index is 13.3. The molecule has 0 saturated carbocycles. The van der Waals surface area contributed by atoms with Crippen molar-refractivity contribution in [1.82, 2.24) is 0 Å². The first kappa shape index (κ1) is 15.4. The molecule has 0 aliphatic carbocycles. The fraction of sp³-hybridized carbons (Fsp3) is 0.0667. The largest absolute Gasteiger partial charge is 0.508 e. The van der Waals surface area contributed by atoms with Crippen LogP contribution in [0.5, 0.6) is 5.75 Å². The summed E-state index contributed by atoms with van der Waals surface area (Å²) in [4.78, 5) is 23.2. The lowest BCUT2D eigenvalue weighted by Gasteiger charge is -2.08. The monoisotopic (exact) mass is 307 g/mol. The van der Waals surface area contributed by atoms with E-state index in [1.165, 1.54) is 18.2 Å². The molecule has 0 aliphatic heterocycles. The van der Waals surface area contributed by atoms with Crippen molar-refractivity contribution < 1.29 is 28.2 Å². The van der Waals surface area contributed by atoms with E-state index in [1.54, 1.807) is 0 Å². The highest BCUT2D eigenvalue weighted by Gasteiger charge is 2.14. The SMILES string of the molecule is O=C(COC(=O)c1cccc(O)c1)Nc1c(F)cccc1F. The molecule has 0 fully saturated rings. The Bertz CT molecular complexity index is 698. The molecule has 0 spiro atoms. The van der Waals surface area contributed by atoms with Gasteiger partial charge in [0.2, 0.25) is 0 Å². The Hall–Kier alpha value is -2.96. The van der Waals surface area contributed by atoms with Crippen molar-refractivity contribution in [3.63, 3.8) is 0 Å². The summed E-state index contributed by atoms with van der Waals surface area (Å²) in [5.74, 6) is -3.75. The van der Waals surface area contributed by atoms with Crippen LogP contribution in [0.25, 0.3) is 0 Å². The predicted octanol–water partition coefficient (Wildman–Crippen LogP) is 2.47. The van der Waals surface area contributed by atoms with Crippen LogP contribution in [0, 0.1) is 11.6 Å². The quantitative estimate of drug-likeness (QED) is 0.851. The van der Waals surface area contributed by atoms with Gasteiger partial charge in [-0.25, -0.2) is 13.6 Å². The number of hydrogen-bond acceptors (Lipinski definition) is 4. The van der Waals surface area contributed by atoms with Gasteiger partial charge in [-0.3, -0.25) is 4.79 Å². The van der Waals surface area contributed by atoms with E-state index in [0.717, 1.165) is 24.3 Å². The highest BCUT2D eigenvalue weighted by Crippen LogP contribution is 2.18. The van der Waals surface area contributed by atoms with Crippen molar-refractivity contribution in [3.05, 3.63) is 59.7 Å². The number of amides is 1. The third kappa shape index (κ3) is 3.78. The van der Waals surface area contributed by atoms with E-state index in [2.05, 4.69) is 4.74 Å². The maximum absolute atomic E-state index is 13.3. The van der Waals surface area contributed by atoms with Crippen LogP contribution in [-0.4, -0.2) is 23.6 Å². The van der Waals surface area contributed by atoms with E-state index in [0.29, 0.717) is 0 Å². The molecule has 0 heterocycles. The number of phenolic OH excluding ortho intramolecular Hbond substituents is 1. The molecular weight excluding hydrogens is 296 g/mol. The predicted molar refractivity (Wildman–Crippen MR) is 73.4 cm³/mol. The van der Waals surface area contributed by atoms with Crippen LogP contribution in [0.2, 0.25) is 0 Å². The van der Waals surface area contributed by atoms with Gasteiger partial charge in [-0.05, 0) is 30.3 Å². The number of esters is 1. The van der Waals surface area contributed by atoms with Gasteiger partial charge in [0, 0.05) is 0 Å². The molecule has 22 heavy (non-hydrogen) atoms. The van der Waals surface area contributed by atoms with Gasteiger partial charge < -0.3 is 15.2 Å². The Kier molecular flexibility index (Phi) is 4.67. The van der Waals surface area contributed by atoms with Crippen LogP contribution < -0.4 is 5.32 Å². The van der Waals surface area contributed by atoms with Crippen LogP contribution in [0.4, 0.5) is 14.5 Å². The highest BCUT2D eigenvalue weighted by molar-refractivity contribution is 5.95. The van der Waals surface area contributed by atoms with Gasteiger partial charge in [0.05, 0.1) is 5.56 Å². The van der Waals surface area contributed by atoms with Gasteiger partial charge in [-0.2, -0.15) is 0 Å². The number of phenols is 1. The smallest absolute Gasteiger partial charge is 0.338 e. The zero-order valence-corrected chi connectivity index (χ0v) is 11.2. The molecule has 1 amide bonds. The number of ether oxygens (including phenoxy) is 1. The summed E-state index contributed by atoms with van der Waals surface area (Å²) in [6.45, 7) is -0.720. The van der Waals surface area contributed by atoms with E-state index in [9.17, 15) is 23.5 Å². The van der Waals surface area contributed by atoms with Crippen LogP contribution >= 0.6 is 0 Å². The number of nitrogens with one attached hydrogen (secondary N) is 1. The average Bonchev–Trinajstić information content (AvgIpc) is 2.48. The van der Waals surface area contributed by atoms with Gasteiger partial charge in [-0.15, -0.1) is 0 Å². The number of aromatic hydroxyl groups is 1. The van der Waals surface area contributed by atoms with E-state index < -0.39 is 35.8 Å². The Labute approximate surface area is 124 Å². The summed E-state index contributed by atoms with van der Waals surface area (Å²) in [5, 5.41) is 11.2. The molecule has 0 bridgehead atoms. The van der Waals surface area contributed by atoms with Gasteiger partial charge in [0.1, 0.15) is 23.1 Å². The summed E-state index contributed by atoms with van der Waals surface area (Å²) in [6.07, 6.45) is 0. The van der Waals surface area contributed by atoms with E-state index in [-0.39, 0.29) is 11.3 Å². The van der Waals surface area contributed by atoms with Crippen LogP contribution in [0.15, 0.2) is 42.5 Å². The van der Waals surface area contributed by atoms with Crippen LogP contribution in [-0.2, 0) is 9.53 Å². The molecule has 2 aromatic rings. The standard InChI is InChI=1S/C15H11F2NO4/c16-11-5-2-6-12(17)14(11)18-13(20)8-22-15(21)9-3-1-4-10(19)7-9/h1-7,19H,8H2,(H,18,20). The number of para-hydroxylation sites is 1. The molecule has 0 aliphatic rings. The number of rotatable bonds is 4. The van der Waals surface area contributed by atoms with Crippen molar-refractivity contribution in [1.29, 1.82) is 0 Å². The Morgan fingerprint density at radius 3 is 2.36 bits per heavy atom. The van der Waals surface area contributed by atoms with Crippen LogP contribution in [0.1, 0.15) is 10.4 Å². The molecule has 0 atom stereocenters. The topological polar surface area (TPSA) is 75.6 Å². The number of hydrogen-bond donors (Lipinski definition) is 2. The Morgan fingerprint density at radius 2 is 1.73 bits per heavy atom. The van der Waals surface area contributed by atoms with Crippen LogP contribution in [0.3, 0.4) is 0 Å². The molecule has 0 unspecified atom stereocenters. The zero-order valence-electron chi connectivity index (χ0n) is 11.2. The first-order valence-corrected chi connectivity index (χ1v) is 6.17. The Morgan fingerprint density at radius 1 is 1.09 bits per heavy atom. The molecule has 7 heteroatoms. The fourth-order valence-corrected chi connectivity index (χ4v) is 1.64. The average molecular weight is 307 g/mol. The summed E-state index contributed by atoms with van der Waals surface area (Å²) in [6, 6.07) is 8.47. The Balaban J connectivity index is 1.94. The molecular formula is C15H11F2NO4. The van der Waals surface area contributed by atoms with Crippen molar-refractivity contribution in [3.8, 4) is 5.75 Å². The third-order valence-corrected chi connectivity index (χ3v) is 2.64. The summed E-state index contributed by atoms with van der Waals surface area (Å²) < 4.78 is 31.3. The molecule has 5 nitrogen and oxygen atoms in total. The second-order valence-corrected chi connectivity index (χ2v) is 4.27. The normalized spacial score (nSPS) is 10.1. The summed E-state index contributed by atoms with van der Waals surface area (Å²) >= 11 is 0. The van der Waals surface area contributed by atoms with Gasteiger partial charge in [-0.1, -0.05) is 12.1 Å². The van der Waals surface area contributed by atoms with Crippen molar-refractivity contribution in [2.45, 2.75) is 0 Å². The number of halogens is 2. The van der Waals surface area contributed by atoms with Crippen molar-refractivity contribution in [2.75, 3.05) is 11.9 Å². The lowest BCUT2D eigenvalue weighted by molar-refractivity contribution is -0.119. The molecule has 2 rings (SSSR count). The first-order chi connectivity index (χ1) is 10.5. The molecule has 114 valence electrons. The van der Waals surface area contributed by atoms with Gasteiger partial charge in [0.25, 0.3) is 5.91 Å². The van der Waals surface area contributed by atoms with Gasteiger partial charge in [0.15, 0.2) is 6.61 Å². The zero-order chi connectivity index (χ0) is 16.1.